The van der Waals surface area contributed by atoms with Crippen LogP contribution in [0.5, 0.6) is 0 Å². The Hall–Kier alpha value is -0.130. The Morgan fingerprint density at radius 3 is 2.71 bits per heavy atom. The molecule has 0 saturated carbocycles. The predicted molar refractivity (Wildman–Crippen MR) is 74.0 cm³/mol. The van der Waals surface area contributed by atoms with Crippen LogP contribution in [0, 0.1) is 0 Å². The normalized spacial score (nSPS) is 21.4. The second kappa shape index (κ2) is 6.16. The van der Waals surface area contributed by atoms with Crippen LogP contribution in [0.1, 0.15) is 34.6 Å². The number of allylic oxidation sites excluding steroid dienone is 1. The molecule has 0 fully saturated rings. The van der Waals surface area contributed by atoms with Crippen LogP contribution >= 0.6 is 23.5 Å². The monoisotopic (exact) mass is 276 g/mol. The molecule has 0 aromatic heterocycles. The molecule has 98 valence electrons. The third-order valence-corrected chi connectivity index (χ3v) is 4.26. The van der Waals surface area contributed by atoms with Crippen molar-refractivity contribution in [2.24, 2.45) is 0 Å². The summed E-state index contributed by atoms with van der Waals surface area (Å²) in [6.45, 7) is 10.5. The Bertz CT molecular complexity index is 318. The van der Waals surface area contributed by atoms with Gasteiger partial charge in [0.15, 0.2) is 0 Å². The van der Waals surface area contributed by atoms with Gasteiger partial charge in [0.25, 0.3) is 0 Å². The minimum Gasteiger partial charge on any atom is -0.467 e. The summed E-state index contributed by atoms with van der Waals surface area (Å²) in [6, 6.07) is 0. The molecule has 0 aromatic carbocycles. The van der Waals surface area contributed by atoms with Crippen LogP contribution in [0.25, 0.3) is 0 Å². The molecule has 1 atom stereocenters. The maximum Gasteiger partial charge on any atom is 0.229 e. The van der Waals surface area contributed by atoms with Crippen molar-refractivity contribution in [1.82, 2.24) is 0 Å². The summed E-state index contributed by atoms with van der Waals surface area (Å²) in [4.78, 5) is 12.8. The Balaban J connectivity index is 2.66. The van der Waals surface area contributed by atoms with Gasteiger partial charge in [-0.2, -0.15) is 0 Å². The highest BCUT2D eigenvalue weighted by Crippen LogP contribution is 2.36. The Labute approximate surface area is 112 Å². The number of carbonyl (C=O) groups is 1. The van der Waals surface area contributed by atoms with Crippen molar-refractivity contribution in [2.45, 2.75) is 45.7 Å². The standard InChI is InChI=1S/C12H20O3S2/c1-6-14-9-7-16-10(8(2)15-9)11(13)17-12(3,4)5/h9H,6-7H2,1-5H3. The van der Waals surface area contributed by atoms with Crippen molar-refractivity contribution < 1.29 is 14.3 Å². The largest absolute Gasteiger partial charge is 0.467 e. The zero-order chi connectivity index (χ0) is 13.1. The summed E-state index contributed by atoms with van der Waals surface area (Å²) < 4.78 is 10.9. The average Bonchev–Trinajstić information content (AvgIpc) is 2.15. The van der Waals surface area contributed by atoms with Crippen molar-refractivity contribution in [3.8, 4) is 0 Å². The second-order valence-electron chi connectivity index (χ2n) is 4.70. The fourth-order valence-electron chi connectivity index (χ4n) is 1.33. The number of thioether (sulfide) groups is 2. The van der Waals surface area contributed by atoms with E-state index in [9.17, 15) is 4.79 Å². The molecule has 0 amide bonds. The third kappa shape index (κ3) is 4.94. The van der Waals surface area contributed by atoms with Gasteiger partial charge < -0.3 is 9.47 Å². The highest BCUT2D eigenvalue weighted by atomic mass is 32.2. The summed E-state index contributed by atoms with van der Waals surface area (Å²) >= 11 is 2.87. The molecule has 1 rings (SSSR count). The van der Waals surface area contributed by atoms with E-state index in [1.165, 1.54) is 23.5 Å². The van der Waals surface area contributed by atoms with Crippen LogP contribution < -0.4 is 0 Å². The van der Waals surface area contributed by atoms with Crippen LogP contribution in [-0.2, 0) is 14.3 Å². The van der Waals surface area contributed by atoms with Gasteiger partial charge >= 0.3 is 0 Å². The lowest BCUT2D eigenvalue weighted by molar-refractivity contribution is -0.110. The maximum absolute atomic E-state index is 12.1. The third-order valence-electron chi connectivity index (χ3n) is 1.93. The molecule has 0 aliphatic carbocycles. The zero-order valence-electron chi connectivity index (χ0n) is 11.0. The molecule has 3 nitrogen and oxygen atoms in total. The minimum absolute atomic E-state index is 0.0678. The van der Waals surface area contributed by atoms with Crippen LogP contribution in [0.3, 0.4) is 0 Å². The second-order valence-corrected chi connectivity index (χ2v) is 7.53. The van der Waals surface area contributed by atoms with E-state index in [0.29, 0.717) is 18.1 Å². The van der Waals surface area contributed by atoms with E-state index in [4.69, 9.17) is 9.47 Å². The first kappa shape index (κ1) is 14.9. The van der Waals surface area contributed by atoms with Gasteiger partial charge in [0.2, 0.25) is 11.4 Å². The molecule has 1 unspecified atom stereocenters. The quantitative estimate of drug-likeness (QED) is 0.789. The first-order valence-corrected chi connectivity index (χ1v) is 7.49. The average molecular weight is 276 g/mol. The fraction of sp³-hybridized carbons (Fsp3) is 0.750. The molecule has 0 saturated heterocycles. The first-order chi connectivity index (χ1) is 7.83. The van der Waals surface area contributed by atoms with Crippen molar-refractivity contribution in [3.05, 3.63) is 10.7 Å². The highest BCUT2D eigenvalue weighted by molar-refractivity contribution is 8.18. The summed E-state index contributed by atoms with van der Waals surface area (Å²) in [5.41, 5.74) is 0. The number of ether oxygens (including phenoxy) is 2. The summed E-state index contributed by atoms with van der Waals surface area (Å²) in [5, 5.41) is 0.0925. The molecule has 17 heavy (non-hydrogen) atoms. The van der Waals surface area contributed by atoms with Gasteiger partial charge in [-0.3, -0.25) is 4.79 Å². The van der Waals surface area contributed by atoms with E-state index in [2.05, 4.69) is 0 Å². The molecule has 0 bridgehead atoms. The van der Waals surface area contributed by atoms with Gasteiger partial charge in [-0.25, -0.2) is 0 Å². The van der Waals surface area contributed by atoms with Crippen molar-refractivity contribution in [2.75, 3.05) is 12.4 Å². The van der Waals surface area contributed by atoms with Gasteiger partial charge in [0, 0.05) is 11.4 Å². The predicted octanol–water partition coefficient (Wildman–Crippen LogP) is 3.40. The Morgan fingerprint density at radius 2 is 2.24 bits per heavy atom. The van der Waals surface area contributed by atoms with Gasteiger partial charge in [-0.1, -0.05) is 32.5 Å². The van der Waals surface area contributed by atoms with Gasteiger partial charge in [0.1, 0.15) is 5.76 Å². The smallest absolute Gasteiger partial charge is 0.229 e. The van der Waals surface area contributed by atoms with Crippen LogP contribution in [0.2, 0.25) is 0 Å². The van der Waals surface area contributed by atoms with E-state index in [1.807, 2.05) is 34.6 Å². The van der Waals surface area contributed by atoms with E-state index >= 15 is 0 Å². The lowest BCUT2D eigenvalue weighted by Crippen LogP contribution is -2.25. The minimum atomic E-state index is -0.221. The maximum atomic E-state index is 12.1. The van der Waals surface area contributed by atoms with Gasteiger partial charge in [0.05, 0.1) is 10.7 Å². The number of hydrogen-bond donors (Lipinski definition) is 0. The van der Waals surface area contributed by atoms with Crippen LogP contribution in [0.4, 0.5) is 0 Å². The molecule has 0 radical (unpaired) electrons. The van der Waals surface area contributed by atoms with E-state index in [-0.39, 0.29) is 16.2 Å². The molecule has 0 N–H and O–H groups in total. The van der Waals surface area contributed by atoms with E-state index in [1.54, 1.807) is 0 Å². The number of hydrogen-bond acceptors (Lipinski definition) is 5. The number of carbonyl (C=O) groups excluding carboxylic acids is 1. The zero-order valence-corrected chi connectivity index (χ0v) is 12.7. The highest BCUT2D eigenvalue weighted by Gasteiger charge is 2.28. The molecule has 1 aliphatic rings. The van der Waals surface area contributed by atoms with Crippen molar-refractivity contribution in [1.29, 1.82) is 0 Å². The molecular weight excluding hydrogens is 256 g/mol. The van der Waals surface area contributed by atoms with Crippen LogP contribution in [0.15, 0.2) is 10.7 Å². The lowest BCUT2D eigenvalue weighted by atomic mass is 10.3. The summed E-state index contributed by atoms with van der Waals surface area (Å²) in [5.74, 6) is 1.36. The summed E-state index contributed by atoms with van der Waals surface area (Å²) in [7, 11) is 0. The van der Waals surface area contributed by atoms with Gasteiger partial charge in [-0.15, -0.1) is 11.8 Å². The van der Waals surface area contributed by atoms with Crippen molar-refractivity contribution in [3.63, 3.8) is 0 Å². The molecule has 0 spiro atoms. The van der Waals surface area contributed by atoms with Crippen LogP contribution in [-0.4, -0.2) is 28.5 Å². The van der Waals surface area contributed by atoms with E-state index < -0.39 is 0 Å². The molecule has 5 heteroatoms. The molecular formula is C12H20O3S2. The molecule has 1 aliphatic heterocycles. The topological polar surface area (TPSA) is 35.5 Å². The fourth-order valence-corrected chi connectivity index (χ4v) is 3.26. The Kier molecular flexibility index (Phi) is 5.41. The number of rotatable bonds is 3. The van der Waals surface area contributed by atoms with Crippen molar-refractivity contribution >= 4 is 28.6 Å². The van der Waals surface area contributed by atoms with E-state index in [0.717, 1.165) is 4.91 Å². The first-order valence-electron chi connectivity index (χ1n) is 5.68. The molecule has 1 heterocycles. The Morgan fingerprint density at radius 1 is 1.59 bits per heavy atom. The van der Waals surface area contributed by atoms with Gasteiger partial charge in [-0.05, 0) is 13.8 Å². The lowest BCUT2D eigenvalue weighted by Gasteiger charge is -2.26. The summed E-state index contributed by atoms with van der Waals surface area (Å²) in [6.07, 6.45) is -0.221. The molecule has 0 aromatic rings. The SMILES string of the molecule is CCOC1CSC(C(=O)SC(C)(C)C)=C(C)O1.